The van der Waals surface area contributed by atoms with Gasteiger partial charge in [-0.05, 0) is 54.1 Å². The second kappa shape index (κ2) is 10.0. The standard InChI is InChI=1S/C23H13BrN4O4/c24-18-4-6-19(7-5-18)27-23(29)17(14-26)10-15-2-1-3-21(11-15)32-22-9-8-20(28(30)31)12-16(22)13-25/h1-12H,(H,27,29)/b17-10+. The fourth-order valence-electron chi connectivity index (χ4n) is 2.65. The maximum absolute atomic E-state index is 12.4. The SMILES string of the molecule is N#C/C(=C\c1cccc(Oc2ccc([N+](=O)[O-])cc2C#N)c1)C(=O)Nc1ccc(Br)cc1. The van der Waals surface area contributed by atoms with Crippen molar-refractivity contribution < 1.29 is 14.5 Å². The monoisotopic (exact) mass is 488 g/mol. The molecule has 32 heavy (non-hydrogen) atoms. The summed E-state index contributed by atoms with van der Waals surface area (Å²) in [6.07, 6.45) is 1.40. The van der Waals surface area contributed by atoms with E-state index >= 15 is 0 Å². The number of carbonyl (C=O) groups excluding carboxylic acids is 1. The molecule has 0 aliphatic rings. The Bertz CT molecular complexity index is 1300. The zero-order valence-corrected chi connectivity index (χ0v) is 17.9. The van der Waals surface area contributed by atoms with Crippen molar-refractivity contribution in [2.24, 2.45) is 0 Å². The number of nitro benzene ring substituents is 1. The number of ether oxygens (including phenoxy) is 1. The third-order valence-corrected chi connectivity index (χ3v) is 4.69. The van der Waals surface area contributed by atoms with Crippen molar-refractivity contribution in [3.63, 3.8) is 0 Å². The lowest BCUT2D eigenvalue weighted by molar-refractivity contribution is -0.384. The van der Waals surface area contributed by atoms with E-state index in [0.29, 0.717) is 17.0 Å². The van der Waals surface area contributed by atoms with Crippen LogP contribution in [-0.2, 0) is 4.79 Å². The Morgan fingerprint density at radius 1 is 1.09 bits per heavy atom. The zero-order valence-electron chi connectivity index (χ0n) is 16.3. The normalized spacial score (nSPS) is 10.5. The first-order chi connectivity index (χ1) is 15.4. The molecule has 0 saturated heterocycles. The Morgan fingerprint density at radius 3 is 2.50 bits per heavy atom. The Kier molecular flexibility index (Phi) is 6.96. The number of nitriles is 2. The molecule has 0 spiro atoms. The minimum atomic E-state index is -0.598. The van der Waals surface area contributed by atoms with E-state index in [4.69, 9.17) is 4.74 Å². The highest BCUT2D eigenvalue weighted by molar-refractivity contribution is 9.10. The summed E-state index contributed by atoms with van der Waals surface area (Å²) in [6, 6.07) is 20.9. The number of hydrogen-bond donors (Lipinski definition) is 1. The number of anilines is 1. The molecule has 1 N–H and O–H groups in total. The fraction of sp³-hybridized carbons (Fsp3) is 0. The van der Waals surface area contributed by atoms with Gasteiger partial charge in [-0.25, -0.2) is 0 Å². The van der Waals surface area contributed by atoms with E-state index in [0.717, 1.165) is 10.5 Å². The van der Waals surface area contributed by atoms with Gasteiger partial charge in [0.05, 0.1) is 4.92 Å². The van der Waals surface area contributed by atoms with Gasteiger partial charge in [-0.2, -0.15) is 10.5 Å². The van der Waals surface area contributed by atoms with Crippen molar-refractivity contribution in [3.8, 4) is 23.6 Å². The second-order valence-electron chi connectivity index (χ2n) is 6.35. The highest BCUT2D eigenvalue weighted by atomic mass is 79.9. The molecule has 1 amide bonds. The van der Waals surface area contributed by atoms with E-state index in [1.165, 1.54) is 18.2 Å². The van der Waals surface area contributed by atoms with Crippen molar-refractivity contribution in [2.75, 3.05) is 5.32 Å². The molecule has 9 heteroatoms. The van der Waals surface area contributed by atoms with Gasteiger partial charge in [0.15, 0.2) is 0 Å². The molecule has 0 unspecified atom stereocenters. The molecule has 0 radical (unpaired) electrons. The summed E-state index contributed by atoms with van der Waals surface area (Å²) in [7, 11) is 0. The number of amides is 1. The van der Waals surface area contributed by atoms with Crippen molar-refractivity contribution in [1.29, 1.82) is 10.5 Å². The van der Waals surface area contributed by atoms with Gasteiger partial charge < -0.3 is 10.1 Å². The summed E-state index contributed by atoms with van der Waals surface area (Å²) >= 11 is 3.31. The Balaban J connectivity index is 1.82. The van der Waals surface area contributed by atoms with E-state index in [1.807, 2.05) is 12.1 Å². The van der Waals surface area contributed by atoms with E-state index in [-0.39, 0.29) is 22.6 Å². The van der Waals surface area contributed by atoms with Crippen LogP contribution in [0.2, 0.25) is 0 Å². The van der Waals surface area contributed by atoms with Gasteiger partial charge in [-0.1, -0.05) is 28.1 Å². The van der Waals surface area contributed by atoms with Crippen LogP contribution in [-0.4, -0.2) is 10.8 Å². The predicted octanol–water partition coefficient (Wildman–Crippen LogP) is 5.57. The first-order valence-electron chi connectivity index (χ1n) is 9.05. The first kappa shape index (κ1) is 22.2. The Hall–Kier alpha value is -4.47. The van der Waals surface area contributed by atoms with Gasteiger partial charge in [0.2, 0.25) is 0 Å². The number of nitrogens with one attached hydrogen (secondary N) is 1. The molecule has 0 atom stereocenters. The number of rotatable bonds is 6. The lowest BCUT2D eigenvalue weighted by atomic mass is 10.1. The highest BCUT2D eigenvalue weighted by Crippen LogP contribution is 2.29. The van der Waals surface area contributed by atoms with E-state index < -0.39 is 10.8 Å². The lowest BCUT2D eigenvalue weighted by Gasteiger charge is -2.08. The van der Waals surface area contributed by atoms with Gasteiger partial charge in [-0.3, -0.25) is 14.9 Å². The van der Waals surface area contributed by atoms with Gasteiger partial charge in [0, 0.05) is 22.3 Å². The van der Waals surface area contributed by atoms with Crippen LogP contribution < -0.4 is 10.1 Å². The summed E-state index contributed by atoms with van der Waals surface area (Å²) in [5.74, 6) is -0.0919. The molecular weight excluding hydrogens is 476 g/mol. The van der Waals surface area contributed by atoms with Crippen LogP contribution in [0.5, 0.6) is 11.5 Å². The minimum absolute atomic E-state index is 0.00624. The van der Waals surface area contributed by atoms with E-state index in [2.05, 4.69) is 21.2 Å². The van der Waals surface area contributed by atoms with Crippen molar-refractivity contribution >= 4 is 39.3 Å². The maximum atomic E-state index is 12.4. The number of carbonyl (C=O) groups is 1. The van der Waals surface area contributed by atoms with Gasteiger partial charge in [0.1, 0.15) is 34.8 Å². The summed E-state index contributed by atoms with van der Waals surface area (Å²) in [5.41, 5.74) is 0.731. The van der Waals surface area contributed by atoms with Crippen LogP contribution in [0.4, 0.5) is 11.4 Å². The van der Waals surface area contributed by atoms with Gasteiger partial charge in [-0.15, -0.1) is 0 Å². The molecule has 3 aromatic carbocycles. The van der Waals surface area contributed by atoms with Crippen LogP contribution in [0.25, 0.3) is 6.08 Å². The van der Waals surface area contributed by atoms with Crippen LogP contribution in [0.3, 0.4) is 0 Å². The average molecular weight is 489 g/mol. The molecule has 0 fully saturated rings. The van der Waals surface area contributed by atoms with Crippen LogP contribution in [0.1, 0.15) is 11.1 Å². The molecular formula is C23H13BrN4O4. The second-order valence-corrected chi connectivity index (χ2v) is 7.27. The van der Waals surface area contributed by atoms with E-state index in [1.54, 1.807) is 48.5 Å². The third kappa shape index (κ3) is 5.57. The molecule has 0 heterocycles. The smallest absolute Gasteiger partial charge is 0.271 e. The van der Waals surface area contributed by atoms with E-state index in [9.17, 15) is 25.4 Å². The molecule has 3 rings (SSSR count). The fourth-order valence-corrected chi connectivity index (χ4v) is 2.91. The van der Waals surface area contributed by atoms with Crippen LogP contribution in [0, 0.1) is 32.8 Å². The van der Waals surface area contributed by atoms with Crippen molar-refractivity contribution in [3.05, 3.63) is 98.0 Å². The molecule has 0 aliphatic heterocycles. The van der Waals surface area contributed by atoms with Crippen molar-refractivity contribution in [1.82, 2.24) is 0 Å². The zero-order chi connectivity index (χ0) is 23.1. The third-order valence-electron chi connectivity index (χ3n) is 4.16. The molecule has 0 aliphatic carbocycles. The largest absolute Gasteiger partial charge is 0.456 e. The van der Waals surface area contributed by atoms with Crippen LogP contribution in [0.15, 0.2) is 76.8 Å². The topological polar surface area (TPSA) is 129 Å². The molecule has 0 aromatic heterocycles. The molecule has 8 nitrogen and oxygen atoms in total. The number of non-ortho nitro benzene ring substituents is 1. The summed E-state index contributed by atoms with van der Waals surface area (Å²) in [4.78, 5) is 22.7. The molecule has 0 bridgehead atoms. The number of nitro groups is 1. The predicted molar refractivity (Wildman–Crippen MR) is 121 cm³/mol. The Labute approximate surface area is 191 Å². The lowest BCUT2D eigenvalue weighted by Crippen LogP contribution is -2.13. The number of nitrogens with zero attached hydrogens (tertiary/aromatic N) is 3. The number of hydrogen-bond acceptors (Lipinski definition) is 6. The maximum Gasteiger partial charge on any atom is 0.271 e. The number of halogens is 1. The van der Waals surface area contributed by atoms with Crippen molar-refractivity contribution in [2.45, 2.75) is 0 Å². The summed E-state index contributed by atoms with van der Waals surface area (Å²) < 4.78 is 6.55. The van der Waals surface area contributed by atoms with Gasteiger partial charge in [0.25, 0.3) is 11.6 Å². The number of benzene rings is 3. The Morgan fingerprint density at radius 2 is 1.84 bits per heavy atom. The molecule has 3 aromatic rings. The van der Waals surface area contributed by atoms with Crippen LogP contribution >= 0.6 is 15.9 Å². The quantitative estimate of drug-likeness (QED) is 0.209. The highest BCUT2D eigenvalue weighted by Gasteiger charge is 2.13. The summed E-state index contributed by atoms with van der Waals surface area (Å²) in [5, 5.41) is 32.2. The molecule has 156 valence electrons. The molecule has 0 saturated carbocycles. The minimum Gasteiger partial charge on any atom is -0.456 e. The first-order valence-corrected chi connectivity index (χ1v) is 9.84. The summed E-state index contributed by atoms with van der Waals surface area (Å²) in [6.45, 7) is 0. The van der Waals surface area contributed by atoms with Gasteiger partial charge >= 0.3 is 0 Å². The average Bonchev–Trinajstić information content (AvgIpc) is 2.79.